The zero-order valence-corrected chi connectivity index (χ0v) is 15.4. The summed E-state index contributed by atoms with van der Waals surface area (Å²) in [6.45, 7) is 3.85. The van der Waals surface area contributed by atoms with Gasteiger partial charge in [-0.05, 0) is 43.0 Å². The standard InChI is InChI=1S/C21H23N5O/c1-14-23-17(13-19(24-14)26-11-5-2-6-12-26)21(25-22)20-16-8-4-3-7-15(16)9-10-18(20)27/h3-4,7-10,13,27H,2,5-6,11-12,22H2,1H3/b25-21-. The van der Waals surface area contributed by atoms with Crippen LogP contribution < -0.4 is 10.7 Å². The summed E-state index contributed by atoms with van der Waals surface area (Å²) in [6, 6.07) is 13.3. The Hall–Kier alpha value is -3.15. The molecule has 6 heteroatoms. The first kappa shape index (κ1) is 17.3. The smallest absolute Gasteiger partial charge is 0.132 e. The van der Waals surface area contributed by atoms with E-state index in [9.17, 15) is 5.11 Å². The number of nitrogens with two attached hydrogens (primary N) is 1. The van der Waals surface area contributed by atoms with Crippen molar-refractivity contribution in [2.45, 2.75) is 26.2 Å². The second-order valence-electron chi connectivity index (χ2n) is 6.86. The molecule has 2 aromatic carbocycles. The molecule has 0 saturated carbocycles. The van der Waals surface area contributed by atoms with Gasteiger partial charge in [0, 0.05) is 19.2 Å². The summed E-state index contributed by atoms with van der Waals surface area (Å²) < 4.78 is 0. The first-order valence-corrected chi connectivity index (χ1v) is 9.27. The van der Waals surface area contributed by atoms with Gasteiger partial charge in [-0.2, -0.15) is 5.10 Å². The Bertz CT molecular complexity index is 1010. The van der Waals surface area contributed by atoms with Crippen molar-refractivity contribution < 1.29 is 5.11 Å². The molecule has 1 saturated heterocycles. The van der Waals surface area contributed by atoms with Crippen molar-refractivity contribution in [2.24, 2.45) is 10.9 Å². The number of phenolic OH excluding ortho intramolecular Hbond substituents is 1. The third kappa shape index (κ3) is 3.30. The molecule has 1 aliphatic heterocycles. The normalized spacial score (nSPS) is 15.3. The molecule has 1 aromatic heterocycles. The van der Waals surface area contributed by atoms with Crippen molar-refractivity contribution in [2.75, 3.05) is 18.0 Å². The van der Waals surface area contributed by atoms with Gasteiger partial charge < -0.3 is 15.8 Å². The monoisotopic (exact) mass is 361 g/mol. The number of fused-ring (bicyclic) bond motifs is 1. The van der Waals surface area contributed by atoms with Crippen LogP contribution in [0.25, 0.3) is 10.8 Å². The molecule has 3 N–H and O–H groups in total. The number of benzene rings is 2. The zero-order valence-electron chi connectivity index (χ0n) is 15.4. The second-order valence-corrected chi connectivity index (χ2v) is 6.86. The number of anilines is 1. The lowest BCUT2D eigenvalue weighted by molar-refractivity contribution is 0.475. The highest BCUT2D eigenvalue weighted by atomic mass is 16.3. The van der Waals surface area contributed by atoms with E-state index < -0.39 is 0 Å². The predicted molar refractivity (Wildman–Crippen MR) is 108 cm³/mol. The molecule has 0 amide bonds. The molecule has 27 heavy (non-hydrogen) atoms. The van der Waals surface area contributed by atoms with Crippen LogP contribution in [0, 0.1) is 6.92 Å². The van der Waals surface area contributed by atoms with E-state index in [0.717, 1.165) is 29.7 Å². The first-order valence-electron chi connectivity index (χ1n) is 9.27. The minimum absolute atomic E-state index is 0.133. The molecule has 1 fully saturated rings. The van der Waals surface area contributed by atoms with E-state index >= 15 is 0 Å². The Kier molecular flexibility index (Phi) is 4.62. The molecule has 0 atom stereocenters. The summed E-state index contributed by atoms with van der Waals surface area (Å²) >= 11 is 0. The topological polar surface area (TPSA) is 87.6 Å². The van der Waals surface area contributed by atoms with Gasteiger partial charge in [0.05, 0.1) is 11.3 Å². The fourth-order valence-corrected chi connectivity index (χ4v) is 3.73. The van der Waals surface area contributed by atoms with Crippen LogP contribution in [-0.2, 0) is 0 Å². The average molecular weight is 361 g/mol. The lowest BCUT2D eigenvalue weighted by Gasteiger charge is -2.28. The van der Waals surface area contributed by atoms with Gasteiger partial charge in [-0.3, -0.25) is 0 Å². The van der Waals surface area contributed by atoms with E-state index in [4.69, 9.17) is 5.84 Å². The van der Waals surface area contributed by atoms with Gasteiger partial charge in [-0.25, -0.2) is 9.97 Å². The lowest BCUT2D eigenvalue weighted by Crippen LogP contribution is -2.30. The number of aryl methyl sites for hydroxylation is 1. The predicted octanol–water partition coefficient (Wildman–Crippen LogP) is 3.35. The SMILES string of the molecule is Cc1nc(/C(=N/N)c2c(O)ccc3ccccc23)cc(N2CCCCC2)n1. The molecule has 6 nitrogen and oxygen atoms in total. The van der Waals surface area contributed by atoms with E-state index in [2.05, 4.69) is 20.0 Å². The summed E-state index contributed by atoms with van der Waals surface area (Å²) in [5, 5.41) is 16.5. The van der Waals surface area contributed by atoms with Crippen molar-refractivity contribution in [3.8, 4) is 5.75 Å². The molecule has 3 aromatic rings. The van der Waals surface area contributed by atoms with Crippen molar-refractivity contribution in [3.05, 3.63) is 59.5 Å². The maximum atomic E-state index is 10.6. The number of hydrogen-bond donors (Lipinski definition) is 2. The molecular formula is C21H23N5O. The van der Waals surface area contributed by atoms with Gasteiger partial charge in [-0.1, -0.05) is 30.3 Å². The molecular weight excluding hydrogens is 338 g/mol. The molecule has 0 bridgehead atoms. The molecule has 0 spiro atoms. The number of phenols is 1. The quantitative estimate of drug-likeness (QED) is 0.424. The summed E-state index contributed by atoms with van der Waals surface area (Å²) in [7, 11) is 0. The Labute approximate surface area is 158 Å². The van der Waals surface area contributed by atoms with Gasteiger partial charge in [0.2, 0.25) is 0 Å². The fraction of sp³-hybridized carbons (Fsp3) is 0.286. The number of piperidine rings is 1. The third-order valence-corrected chi connectivity index (χ3v) is 5.02. The van der Waals surface area contributed by atoms with Crippen LogP contribution in [-0.4, -0.2) is 33.9 Å². The largest absolute Gasteiger partial charge is 0.507 e. The Morgan fingerprint density at radius 3 is 2.63 bits per heavy atom. The molecule has 2 heterocycles. The number of hydrazone groups is 1. The van der Waals surface area contributed by atoms with Crippen LogP contribution in [0.3, 0.4) is 0 Å². The summed E-state index contributed by atoms with van der Waals surface area (Å²) in [6.07, 6.45) is 3.59. The van der Waals surface area contributed by atoms with Crippen molar-refractivity contribution >= 4 is 22.3 Å². The Morgan fingerprint density at radius 2 is 1.85 bits per heavy atom. The van der Waals surface area contributed by atoms with Crippen LogP contribution in [0.15, 0.2) is 47.6 Å². The van der Waals surface area contributed by atoms with Gasteiger partial charge in [0.15, 0.2) is 0 Å². The highest BCUT2D eigenvalue weighted by Crippen LogP contribution is 2.30. The molecule has 0 radical (unpaired) electrons. The van der Waals surface area contributed by atoms with Crippen LogP contribution >= 0.6 is 0 Å². The summed E-state index contributed by atoms with van der Waals surface area (Å²) in [4.78, 5) is 11.5. The maximum Gasteiger partial charge on any atom is 0.132 e. The lowest BCUT2D eigenvalue weighted by atomic mass is 9.97. The van der Waals surface area contributed by atoms with Crippen LogP contribution in [0.4, 0.5) is 5.82 Å². The summed E-state index contributed by atoms with van der Waals surface area (Å²) in [5.74, 6) is 7.46. The minimum Gasteiger partial charge on any atom is -0.507 e. The Balaban J connectivity index is 1.85. The zero-order chi connectivity index (χ0) is 18.8. The van der Waals surface area contributed by atoms with E-state index in [1.165, 1.54) is 19.3 Å². The molecule has 1 aliphatic rings. The van der Waals surface area contributed by atoms with Crippen molar-refractivity contribution in [1.82, 2.24) is 9.97 Å². The van der Waals surface area contributed by atoms with Gasteiger partial charge in [-0.15, -0.1) is 0 Å². The van der Waals surface area contributed by atoms with Gasteiger partial charge in [0.25, 0.3) is 0 Å². The molecule has 0 aliphatic carbocycles. The number of hydrogen-bond acceptors (Lipinski definition) is 6. The highest BCUT2D eigenvalue weighted by molar-refractivity contribution is 6.20. The molecule has 4 rings (SSSR count). The number of aromatic nitrogens is 2. The van der Waals surface area contributed by atoms with Crippen LogP contribution in [0.2, 0.25) is 0 Å². The van der Waals surface area contributed by atoms with Crippen LogP contribution in [0.1, 0.15) is 36.3 Å². The fourth-order valence-electron chi connectivity index (χ4n) is 3.73. The van der Waals surface area contributed by atoms with Gasteiger partial charge >= 0.3 is 0 Å². The first-order chi connectivity index (χ1) is 13.2. The highest BCUT2D eigenvalue weighted by Gasteiger charge is 2.20. The van der Waals surface area contributed by atoms with E-state index in [0.29, 0.717) is 22.8 Å². The Morgan fingerprint density at radius 1 is 1.07 bits per heavy atom. The van der Waals surface area contributed by atoms with E-state index in [1.807, 2.05) is 43.3 Å². The van der Waals surface area contributed by atoms with Gasteiger partial charge in [0.1, 0.15) is 23.1 Å². The number of aromatic hydroxyl groups is 1. The van der Waals surface area contributed by atoms with Crippen molar-refractivity contribution in [1.29, 1.82) is 0 Å². The minimum atomic E-state index is 0.133. The average Bonchev–Trinajstić information content (AvgIpc) is 2.70. The summed E-state index contributed by atoms with van der Waals surface area (Å²) in [5.41, 5.74) is 1.68. The number of nitrogens with zero attached hydrogens (tertiary/aromatic N) is 4. The van der Waals surface area contributed by atoms with Crippen molar-refractivity contribution in [3.63, 3.8) is 0 Å². The number of rotatable bonds is 3. The maximum absolute atomic E-state index is 10.6. The third-order valence-electron chi connectivity index (χ3n) is 5.02. The van der Waals surface area contributed by atoms with E-state index in [1.54, 1.807) is 6.07 Å². The second kappa shape index (κ2) is 7.23. The van der Waals surface area contributed by atoms with Crippen LogP contribution in [0.5, 0.6) is 5.75 Å². The molecule has 0 unspecified atom stereocenters. The molecule has 138 valence electrons. The van der Waals surface area contributed by atoms with E-state index in [-0.39, 0.29) is 5.75 Å².